The van der Waals surface area contributed by atoms with E-state index < -0.39 is 18.2 Å². The summed E-state index contributed by atoms with van der Waals surface area (Å²) in [4.78, 5) is 77.1. The van der Waals surface area contributed by atoms with Crippen molar-refractivity contribution in [1.82, 2.24) is 40.0 Å². The summed E-state index contributed by atoms with van der Waals surface area (Å²) in [7, 11) is 2.67. The van der Waals surface area contributed by atoms with Crippen molar-refractivity contribution >= 4 is 35.5 Å². The van der Waals surface area contributed by atoms with E-state index >= 15 is 0 Å². The molecule has 1 aromatic carbocycles. The molecule has 3 N–H and O–H groups in total. The number of hydrogen-bond acceptors (Lipinski definition) is 10. The summed E-state index contributed by atoms with van der Waals surface area (Å²) < 4.78 is 4.74. The number of nitrogens with zero attached hydrogens (tertiary/aromatic N) is 6. The summed E-state index contributed by atoms with van der Waals surface area (Å²) in [6.45, 7) is 8.89. The number of aromatic amines is 2. The van der Waals surface area contributed by atoms with Crippen LogP contribution in [0.25, 0.3) is 22.4 Å². The maximum atomic E-state index is 13.5. The lowest BCUT2D eigenvalue weighted by molar-refractivity contribution is -0.188. The van der Waals surface area contributed by atoms with E-state index in [0.29, 0.717) is 36.1 Å². The molecule has 6 rings (SSSR count). The Morgan fingerprint density at radius 1 is 0.889 bits per heavy atom. The van der Waals surface area contributed by atoms with Crippen LogP contribution in [0.3, 0.4) is 0 Å². The first-order valence-electron chi connectivity index (χ1n) is 18.3. The average molecular weight is 738 g/mol. The molecule has 2 aliphatic heterocycles. The Morgan fingerprint density at radius 2 is 1.59 bits per heavy atom. The number of amides is 3. The van der Waals surface area contributed by atoms with E-state index in [4.69, 9.17) is 14.6 Å². The Balaban J connectivity index is 1.12. The van der Waals surface area contributed by atoms with Crippen molar-refractivity contribution in [2.24, 2.45) is 16.8 Å². The minimum Gasteiger partial charge on any atom is -0.453 e. The predicted octanol–water partition coefficient (Wildman–Crippen LogP) is 5.09. The standard InChI is InChI=1S/C39H47N9O6/c1-23(2)32(41-22-54-53-6)37(49)48-20-8-10-31(48)36-43-28-18-17-27(42-34(28)46-36)16-13-25-11-14-26(15-12-25)29-21-40-35(44-29)30-9-7-19-47(30)38(50)33(24(3)4)45-39(51)52-5/h11-12,14-15,17-18,21-24,30-33H,7-10,19-20H2,1-6H3,(H,40,44)(H,45,51)(H,42,43,46)/t30-,31-,32-,33-/m0/s1. The van der Waals surface area contributed by atoms with Crippen LogP contribution in [0.1, 0.15) is 88.4 Å². The second kappa shape index (κ2) is 16.9. The molecule has 15 heteroatoms. The number of hydrogen-bond donors (Lipinski definition) is 3. The number of ether oxygens (including phenoxy) is 1. The fraction of sp³-hybridized carbons (Fsp3) is 0.462. The molecule has 5 heterocycles. The summed E-state index contributed by atoms with van der Waals surface area (Å²) in [5, 5.41) is 2.68. The molecule has 284 valence electrons. The van der Waals surface area contributed by atoms with E-state index in [0.717, 1.165) is 48.0 Å². The fourth-order valence-corrected chi connectivity index (χ4v) is 6.99. The SMILES string of the molecule is COOC=N[C@H](C(=O)N1CCC[C@H]1c1nc2nc(C#Cc3ccc(-c4cnc([C@@H]5CCCN5C(=O)[C@@H](NC(=O)OC)C(C)C)[nH]4)cc3)ccc2[nH]1)C(C)C. The molecule has 0 bridgehead atoms. The molecule has 0 spiro atoms. The number of benzene rings is 1. The molecule has 0 saturated carbocycles. The first kappa shape index (κ1) is 38.0. The number of rotatable bonds is 11. The van der Waals surface area contributed by atoms with Gasteiger partial charge in [-0.05, 0) is 73.3 Å². The van der Waals surface area contributed by atoms with E-state index in [9.17, 15) is 14.4 Å². The van der Waals surface area contributed by atoms with Crippen LogP contribution in [0.15, 0.2) is 47.6 Å². The van der Waals surface area contributed by atoms with Crippen LogP contribution >= 0.6 is 0 Å². The maximum Gasteiger partial charge on any atom is 0.407 e. The topological polar surface area (TPSA) is 180 Å². The number of aromatic nitrogens is 5. The van der Waals surface area contributed by atoms with Gasteiger partial charge in [0.05, 0.1) is 43.7 Å². The number of likely N-dealkylation sites (tertiary alicyclic amines) is 2. The lowest BCUT2D eigenvalue weighted by Crippen LogP contribution is -2.51. The number of nitrogens with one attached hydrogen (secondary N) is 3. The number of H-pyrrole nitrogens is 2. The molecule has 54 heavy (non-hydrogen) atoms. The number of alkyl carbamates (subject to hydrolysis) is 1. The van der Waals surface area contributed by atoms with Gasteiger partial charge < -0.3 is 34.7 Å². The summed E-state index contributed by atoms with van der Waals surface area (Å²) in [6.07, 6.45) is 5.56. The van der Waals surface area contributed by atoms with Gasteiger partial charge in [0.2, 0.25) is 18.2 Å². The Kier molecular flexibility index (Phi) is 11.9. The molecule has 0 radical (unpaired) electrons. The van der Waals surface area contributed by atoms with E-state index in [1.807, 2.05) is 69.0 Å². The van der Waals surface area contributed by atoms with Gasteiger partial charge in [0.15, 0.2) is 5.65 Å². The maximum absolute atomic E-state index is 13.5. The fourth-order valence-electron chi connectivity index (χ4n) is 6.99. The van der Waals surface area contributed by atoms with Gasteiger partial charge in [0, 0.05) is 18.7 Å². The van der Waals surface area contributed by atoms with Crippen LogP contribution in [0.2, 0.25) is 0 Å². The Hall–Kier alpha value is -5.75. The number of methoxy groups -OCH3 is 1. The largest absolute Gasteiger partial charge is 0.453 e. The number of imidazole rings is 2. The van der Waals surface area contributed by atoms with E-state index in [1.54, 1.807) is 11.1 Å². The molecule has 0 unspecified atom stereocenters. The van der Waals surface area contributed by atoms with Gasteiger partial charge in [-0.1, -0.05) is 45.7 Å². The van der Waals surface area contributed by atoms with E-state index in [2.05, 4.69) is 47.0 Å². The van der Waals surface area contributed by atoms with Crippen molar-refractivity contribution in [2.45, 2.75) is 77.5 Å². The van der Waals surface area contributed by atoms with Crippen LogP contribution < -0.4 is 5.32 Å². The van der Waals surface area contributed by atoms with Crippen LogP contribution in [0.4, 0.5) is 4.79 Å². The molecular weight excluding hydrogens is 690 g/mol. The van der Waals surface area contributed by atoms with Crippen molar-refractivity contribution in [3.63, 3.8) is 0 Å². The van der Waals surface area contributed by atoms with Crippen molar-refractivity contribution in [1.29, 1.82) is 0 Å². The molecule has 15 nitrogen and oxygen atoms in total. The van der Waals surface area contributed by atoms with Gasteiger partial charge >= 0.3 is 6.09 Å². The van der Waals surface area contributed by atoms with E-state index in [1.165, 1.54) is 20.6 Å². The normalized spacial score (nSPS) is 18.3. The highest BCUT2D eigenvalue weighted by Gasteiger charge is 2.38. The summed E-state index contributed by atoms with van der Waals surface area (Å²) in [5.74, 6) is 7.37. The van der Waals surface area contributed by atoms with Gasteiger partial charge in [-0.2, -0.15) is 4.89 Å². The molecule has 3 amide bonds. The van der Waals surface area contributed by atoms with Crippen molar-refractivity contribution in [3.05, 3.63) is 65.5 Å². The summed E-state index contributed by atoms with van der Waals surface area (Å²) >= 11 is 0. The summed E-state index contributed by atoms with van der Waals surface area (Å²) in [6, 6.07) is 9.85. The van der Waals surface area contributed by atoms with Crippen molar-refractivity contribution < 1.29 is 28.9 Å². The third-order valence-corrected chi connectivity index (χ3v) is 9.83. The van der Waals surface area contributed by atoms with Crippen LogP contribution in [-0.2, 0) is 24.1 Å². The number of aliphatic imine (C=N–C) groups is 1. The van der Waals surface area contributed by atoms with Crippen LogP contribution in [0.5, 0.6) is 0 Å². The Morgan fingerprint density at radius 3 is 2.26 bits per heavy atom. The predicted molar refractivity (Wildman–Crippen MR) is 201 cm³/mol. The quantitative estimate of drug-likeness (QED) is 0.0622. The Labute approximate surface area is 314 Å². The number of carbonyl (C=O) groups is 3. The average Bonchev–Trinajstić information content (AvgIpc) is 4.00. The zero-order valence-corrected chi connectivity index (χ0v) is 31.5. The highest BCUT2D eigenvalue weighted by molar-refractivity contribution is 5.86. The molecule has 4 atom stereocenters. The van der Waals surface area contributed by atoms with Crippen LogP contribution in [0, 0.1) is 23.7 Å². The molecule has 2 aliphatic rings. The lowest BCUT2D eigenvalue weighted by Gasteiger charge is -2.30. The summed E-state index contributed by atoms with van der Waals surface area (Å²) in [5.41, 5.74) is 4.45. The smallest absolute Gasteiger partial charge is 0.407 e. The molecule has 2 fully saturated rings. The molecular formula is C39H47N9O6. The molecule has 4 aromatic rings. The molecule has 0 aliphatic carbocycles. The number of fused-ring (bicyclic) bond motifs is 1. The minimum atomic E-state index is -0.693. The van der Waals surface area contributed by atoms with Crippen molar-refractivity contribution in [2.75, 3.05) is 27.3 Å². The third kappa shape index (κ3) is 8.39. The second-order valence-corrected chi connectivity index (χ2v) is 14.1. The highest BCUT2D eigenvalue weighted by atomic mass is 17.2. The highest BCUT2D eigenvalue weighted by Crippen LogP contribution is 2.34. The third-order valence-electron chi connectivity index (χ3n) is 9.83. The Bertz CT molecular complexity index is 2040. The zero-order chi connectivity index (χ0) is 38.4. The van der Waals surface area contributed by atoms with Gasteiger partial charge in [-0.25, -0.2) is 24.7 Å². The first-order valence-corrected chi connectivity index (χ1v) is 18.3. The second-order valence-electron chi connectivity index (χ2n) is 14.1. The van der Waals surface area contributed by atoms with E-state index in [-0.39, 0.29) is 35.7 Å². The van der Waals surface area contributed by atoms with Gasteiger partial charge in [-0.15, -0.1) is 0 Å². The number of pyridine rings is 1. The minimum absolute atomic E-state index is 0.0297. The van der Waals surface area contributed by atoms with Crippen molar-refractivity contribution in [3.8, 4) is 23.1 Å². The molecule has 2 saturated heterocycles. The molecule has 3 aromatic heterocycles. The van der Waals surface area contributed by atoms with Gasteiger partial charge in [0.1, 0.15) is 29.4 Å². The van der Waals surface area contributed by atoms with Gasteiger partial charge in [-0.3, -0.25) is 9.59 Å². The monoisotopic (exact) mass is 737 g/mol. The van der Waals surface area contributed by atoms with Gasteiger partial charge in [0.25, 0.3) is 0 Å². The van der Waals surface area contributed by atoms with Crippen LogP contribution in [-0.4, -0.2) is 98.4 Å². The zero-order valence-electron chi connectivity index (χ0n) is 31.5. The first-order chi connectivity index (χ1) is 26.1. The lowest BCUT2D eigenvalue weighted by atomic mass is 10.0. The number of carbonyl (C=O) groups excluding carboxylic acids is 3.